The van der Waals surface area contributed by atoms with Crippen LogP contribution in [0.4, 0.5) is 5.69 Å². The zero-order valence-electron chi connectivity index (χ0n) is 14.8. The van der Waals surface area contributed by atoms with Gasteiger partial charge in [0, 0.05) is 19.2 Å². The van der Waals surface area contributed by atoms with Crippen LogP contribution in [0, 0.1) is 24.2 Å². The van der Waals surface area contributed by atoms with Gasteiger partial charge in [-0.25, -0.2) is 4.98 Å². The van der Waals surface area contributed by atoms with Crippen molar-refractivity contribution in [1.29, 1.82) is 5.26 Å². The van der Waals surface area contributed by atoms with Gasteiger partial charge in [-0.3, -0.25) is 0 Å². The van der Waals surface area contributed by atoms with E-state index in [0.717, 1.165) is 43.7 Å². The number of piperidine rings is 1. The molecule has 0 aliphatic carbocycles. The van der Waals surface area contributed by atoms with Gasteiger partial charge in [-0.2, -0.15) is 10.4 Å². The van der Waals surface area contributed by atoms with Crippen LogP contribution in [0.25, 0.3) is 0 Å². The molecule has 2 aromatic rings. The van der Waals surface area contributed by atoms with Crippen molar-refractivity contribution in [2.24, 2.45) is 5.92 Å². The Hall–Kier alpha value is -2.68. The van der Waals surface area contributed by atoms with E-state index in [1.54, 1.807) is 12.3 Å². The Labute approximate surface area is 148 Å². The zero-order chi connectivity index (χ0) is 17.6. The molecule has 6 heteroatoms. The van der Waals surface area contributed by atoms with Crippen molar-refractivity contribution < 1.29 is 4.74 Å². The topological polar surface area (TPSA) is 74.9 Å². The number of aryl methyl sites for hydroxylation is 2. The molecule has 25 heavy (non-hydrogen) atoms. The fourth-order valence-corrected chi connectivity index (χ4v) is 3.10. The molecule has 0 N–H and O–H groups in total. The molecule has 2 aromatic heterocycles. The third kappa shape index (κ3) is 4.24. The standard InChI is InChI=1S/C19H23N5O/c1-3-16-10-19(23-22-14(16)2)25-13-15-6-8-24(9-7-15)18-5-4-17(11-20)21-12-18/h4-5,10,12,15H,3,6-9,13H2,1-2H3. The zero-order valence-corrected chi connectivity index (χ0v) is 14.8. The van der Waals surface area contributed by atoms with Gasteiger partial charge < -0.3 is 9.64 Å². The largest absolute Gasteiger partial charge is 0.476 e. The van der Waals surface area contributed by atoms with Gasteiger partial charge in [-0.1, -0.05) is 6.92 Å². The van der Waals surface area contributed by atoms with Gasteiger partial charge in [-0.15, -0.1) is 5.10 Å². The first-order valence-electron chi connectivity index (χ1n) is 8.76. The molecule has 0 spiro atoms. The first-order chi connectivity index (χ1) is 12.2. The second kappa shape index (κ2) is 7.93. The molecule has 1 aliphatic rings. The molecule has 0 aromatic carbocycles. The second-order valence-corrected chi connectivity index (χ2v) is 6.40. The smallest absolute Gasteiger partial charge is 0.233 e. The van der Waals surface area contributed by atoms with Crippen LogP contribution in [0.2, 0.25) is 0 Å². The van der Waals surface area contributed by atoms with E-state index in [1.165, 1.54) is 5.56 Å². The van der Waals surface area contributed by atoms with E-state index < -0.39 is 0 Å². The van der Waals surface area contributed by atoms with Gasteiger partial charge in [0.05, 0.1) is 24.2 Å². The number of hydrogen-bond acceptors (Lipinski definition) is 6. The van der Waals surface area contributed by atoms with E-state index in [9.17, 15) is 0 Å². The van der Waals surface area contributed by atoms with Crippen molar-refractivity contribution in [3.05, 3.63) is 41.3 Å². The second-order valence-electron chi connectivity index (χ2n) is 6.40. The Morgan fingerprint density at radius 1 is 1.28 bits per heavy atom. The monoisotopic (exact) mass is 337 g/mol. The third-order valence-corrected chi connectivity index (χ3v) is 4.75. The molecule has 3 rings (SSSR count). The third-order valence-electron chi connectivity index (χ3n) is 4.75. The highest BCUT2D eigenvalue weighted by molar-refractivity contribution is 5.46. The van der Waals surface area contributed by atoms with Crippen molar-refractivity contribution in [2.75, 3.05) is 24.6 Å². The molecule has 3 heterocycles. The Morgan fingerprint density at radius 3 is 2.72 bits per heavy atom. The summed E-state index contributed by atoms with van der Waals surface area (Å²) in [5.41, 5.74) is 3.69. The van der Waals surface area contributed by atoms with Crippen molar-refractivity contribution >= 4 is 5.69 Å². The van der Waals surface area contributed by atoms with Crippen molar-refractivity contribution in [3.8, 4) is 11.9 Å². The van der Waals surface area contributed by atoms with Gasteiger partial charge in [0.1, 0.15) is 11.8 Å². The minimum Gasteiger partial charge on any atom is -0.476 e. The summed E-state index contributed by atoms with van der Waals surface area (Å²) in [6.45, 7) is 6.72. The number of aromatic nitrogens is 3. The number of nitriles is 1. The lowest BCUT2D eigenvalue weighted by Crippen LogP contribution is -2.35. The molecule has 1 saturated heterocycles. The van der Waals surface area contributed by atoms with Crippen LogP contribution in [0.3, 0.4) is 0 Å². The molecule has 1 fully saturated rings. The van der Waals surface area contributed by atoms with Crippen LogP contribution in [-0.2, 0) is 6.42 Å². The van der Waals surface area contributed by atoms with Gasteiger partial charge >= 0.3 is 0 Å². The average Bonchev–Trinajstić information content (AvgIpc) is 2.68. The minimum absolute atomic E-state index is 0.456. The highest BCUT2D eigenvalue weighted by Crippen LogP contribution is 2.23. The highest BCUT2D eigenvalue weighted by atomic mass is 16.5. The first kappa shape index (κ1) is 17.2. The molecule has 0 radical (unpaired) electrons. The van der Waals surface area contributed by atoms with Crippen LogP contribution in [0.1, 0.15) is 36.7 Å². The number of hydrogen-bond donors (Lipinski definition) is 0. The molecule has 0 atom stereocenters. The lowest BCUT2D eigenvalue weighted by molar-refractivity contribution is 0.214. The highest BCUT2D eigenvalue weighted by Gasteiger charge is 2.20. The van der Waals surface area contributed by atoms with E-state index in [-0.39, 0.29) is 0 Å². The molecule has 0 unspecified atom stereocenters. The molecule has 0 amide bonds. The maximum absolute atomic E-state index is 8.83. The molecular formula is C19H23N5O. The van der Waals surface area contributed by atoms with E-state index >= 15 is 0 Å². The van der Waals surface area contributed by atoms with Gasteiger partial charge in [0.15, 0.2) is 0 Å². The lowest BCUT2D eigenvalue weighted by Gasteiger charge is -2.33. The van der Waals surface area contributed by atoms with Crippen molar-refractivity contribution in [3.63, 3.8) is 0 Å². The van der Waals surface area contributed by atoms with Crippen LogP contribution in [0.5, 0.6) is 5.88 Å². The summed E-state index contributed by atoms with van der Waals surface area (Å²) in [6, 6.07) is 7.79. The van der Waals surface area contributed by atoms with Gasteiger partial charge in [0.25, 0.3) is 0 Å². The van der Waals surface area contributed by atoms with E-state index in [0.29, 0.717) is 24.1 Å². The van der Waals surface area contributed by atoms with Gasteiger partial charge in [-0.05, 0) is 49.8 Å². The van der Waals surface area contributed by atoms with E-state index in [2.05, 4.69) is 33.1 Å². The molecule has 6 nitrogen and oxygen atoms in total. The summed E-state index contributed by atoms with van der Waals surface area (Å²) in [7, 11) is 0. The van der Waals surface area contributed by atoms with E-state index in [1.807, 2.05) is 19.1 Å². The number of anilines is 1. The van der Waals surface area contributed by atoms with Crippen LogP contribution < -0.4 is 9.64 Å². The van der Waals surface area contributed by atoms with Crippen molar-refractivity contribution in [2.45, 2.75) is 33.1 Å². The maximum Gasteiger partial charge on any atom is 0.233 e. The Kier molecular flexibility index (Phi) is 5.44. The fraction of sp³-hybridized carbons (Fsp3) is 0.474. The minimum atomic E-state index is 0.456. The summed E-state index contributed by atoms with van der Waals surface area (Å²) in [5, 5.41) is 17.1. The summed E-state index contributed by atoms with van der Waals surface area (Å²) < 4.78 is 5.87. The summed E-state index contributed by atoms with van der Waals surface area (Å²) in [6.07, 6.45) is 4.86. The Bertz CT molecular complexity index is 745. The van der Waals surface area contributed by atoms with Crippen molar-refractivity contribution in [1.82, 2.24) is 15.2 Å². The lowest BCUT2D eigenvalue weighted by atomic mass is 9.97. The first-order valence-corrected chi connectivity index (χ1v) is 8.76. The quantitative estimate of drug-likeness (QED) is 0.835. The fourth-order valence-electron chi connectivity index (χ4n) is 3.10. The molecular weight excluding hydrogens is 314 g/mol. The van der Waals surface area contributed by atoms with E-state index in [4.69, 9.17) is 10.00 Å². The summed E-state index contributed by atoms with van der Waals surface area (Å²) >= 11 is 0. The Morgan fingerprint density at radius 2 is 2.08 bits per heavy atom. The van der Waals surface area contributed by atoms with Gasteiger partial charge in [0.2, 0.25) is 5.88 Å². The maximum atomic E-state index is 8.83. The number of pyridine rings is 1. The molecule has 1 aliphatic heterocycles. The molecule has 130 valence electrons. The SMILES string of the molecule is CCc1cc(OCC2CCN(c3ccc(C#N)nc3)CC2)nnc1C. The predicted octanol–water partition coefficient (Wildman–Crippen LogP) is 2.91. The normalized spacial score (nSPS) is 15.0. The summed E-state index contributed by atoms with van der Waals surface area (Å²) in [4.78, 5) is 6.46. The number of nitrogens with zero attached hydrogens (tertiary/aromatic N) is 5. The molecule has 0 saturated carbocycles. The number of rotatable bonds is 5. The summed E-state index contributed by atoms with van der Waals surface area (Å²) in [5.74, 6) is 1.15. The van der Waals surface area contributed by atoms with Crippen LogP contribution in [0.15, 0.2) is 24.4 Å². The Balaban J connectivity index is 1.50. The number of ether oxygens (including phenoxy) is 1. The van der Waals surface area contributed by atoms with Crippen LogP contribution >= 0.6 is 0 Å². The molecule has 0 bridgehead atoms. The predicted molar refractivity (Wildman–Crippen MR) is 95.5 cm³/mol. The van der Waals surface area contributed by atoms with Crippen LogP contribution in [-0.4, -0.2) is 34.9 Å². The average molecular weight is 337 g/mol.